The van der Waals surface area contributed by atoms with Crippen molar-refractivity contribution in [3.63, 3.8) is 0 Å². The highest BCUT2D eigenvalue weighted by molar-refractivity contribution is 5.60. The molecule has 154 valence electrons. The van der Waals surface area contributed by atoms with Gasteiger partial charge in [0.15, 0.2) is 12.4 Å². The van der Waals surface area contributed by atoms with Gasteiger partial charge in [-0.2, -0.15) is 0 Å². The molecule has 0 saturated heterocycles. The summed E-state index contributed by atoms with van der Waals surface area (Å²) in [6, 6.07) is -1.12. The molecule has 0 amide bonds. The van der Waals surface area contributed by atoms with Crippen LogP contribution in [0.25, 0.3) is 0 Å². The van der Waals surface area contributed by atoms with Crippen LogP contribution >= 0.6 is 0 Å². The van der Waals surface area contributed by atoms with Crippen LogP contribution in [-0.4, -0.2) is 47.3 Å². The Morgan fingerprint density at radius 2 is 1.31 bits per heavy atom. The first-order valence-corrected chi connectivity index (χ1v) is 10.2. The third-order valence-electron chi connectivity index (χ3n) is 4.87. The fourth-order valence-electron chi connectivity index (χ4n) is 3.09. The molecule has 0 aliphatic rings. The standard InChI is InChI=1S/C20H39NO5/c1-2-3-4-5-6-7-8-9-10-11-12-13-14-17(24)20(25)19(21)18(15-22)26-16-23/h15-20,24-25H,2-14,21H2,1H3. The van der Waals surface area contributed by atoms with Gasteiger partial charge in [-0.05, 0) is 6.42 Å². The van der Waals surface area contributed by atoms with Crippen LogP contribution < -0.4 is 5.73 Å². The molecule has 4 unspecified atom stereocenters. The number of nitrogens with two attached hydrogens (primary N) is 1. The molecule has 0 rings (SSSR count). The van der Waals surface area contributed by atoms with Crippen LogP contribution in [0, 0.1) is 0 Å². The Morgan fingerprint density at radius 1 is 0.846 bits per heavy atom. The molecule has 0 radical (unpaired) electrons. The molecule has 6 heteroatoms. The van der Waals surface area contributed by atoms with Gasteiger partial charge in [0.2, 0.25) is 0 Å². The third kappa shape index (κ3) is 12.4. The molecule has 0 fully saturated rings. The van der Waals surface area contributed by atoms with E-state index in [9.17, 15) is 19.8 Å². The summed E-state index contributed by atoms with van der Waals surface area (Å²) in [5, 5.41) is 19.9. The van der Waals surface area contributed by atoms with Gasteiger partial charge < -0.3 is 20.7 Å². The minimum absolute atomic E-state index is 0.114. The van der Waals surface area contributed by atoms with Crippen molar-refractivity contribution >= 4 is 12.8 Å². The Hall–Kier alpha value is -0.980. The Balaban J connectivity index is 3.62. The first kappa shape index (κ1) is 25.0. The number of rotatable bonds is 19. The Bertz CT molecular complexity index is 340. The van der Waals surface area contributed by atoms with Crippen LogP contribution in [0.5, 0.6) is 0 Å². The summed E-state index contributed by atoms with van der Waals surface area (Å²) < 4.78 is 4.50. The lowest BCUT2D eigenvalue weighted by atomic mass is 9.97. The van der Waals surface area contributed by atoms with Crippen LogP contribution in [0.1, 0.15) is 90.4 Å². The molecule has 0 bridgehead atoms. The van der Waals surface area contributed by atoms with Crippen molar-refractivity contribution in [1.29, 1.82) is 0 Å². The maximum Gasteiger partial charge on any atom is 0.293 e. The van der Waals surface area contributed by atoms with Gasteiger partial charge in [0.25, 0.3) is 6.47 Å². The molecule has 0 saturated carbocycles. The molecule has 0 heterocycles. The van der Waals surface area contributed by atoms with E-state index < -0.39 is 24.4 Å². The first-order chi connectivity index (χ1) is 12.6. The molecule has 0 aromatic carbocycles. The zero-order chi connectivity index (χ0) is 19.6. The molecule has 4 atom stereocenters. The molecule has 4 N–H and O–H groups in total. The number of carbonyl (C=O) groups excluding carboxylic acids is 2. The number of aliphatic hydroxyl groups is 2. The second kappa shape index (κ2) is 17.4. The van der Waals surface area contributed by atoms with Gasteiger partial charge in [-0.1, -0.05) is 84.0 Å². The number of aliphatic hydroxyl groups excluding tert-OH is 2. The third-order valence-corrected chi connectivity index (χ3v) is 4.87. The SMILES string of the molecule is CCCCCCCCCCCCCCC(O)C(O)C(N)C(C=O)OC=O. The topological polar surface area (TPSA) is 110 Å². The number of hydrogen-bond acceptors (Lipinski definition) is 6. The first-order valence-electron chi connectivity index (χ1n) is 10.2. The molecule has 0 spiro atoms. The van der Waals surface area contributed by atoms with E-state index in [1.54, 1.807) is 0 Å². The number of ether oxygens (including phenoxy) is 1. The summed E-state index contributed by atoms with van der Waals surface area (Å²) in [4.78, 5) is 21.1. The fraction of sp³-hybridized carbons (Fsp3) is 0.900. The van der Waals surface area contributed by atoms with E-state index in [0.29, 0.717) is 12.7 Å². The maximum absolute atomic E-state index is 10.8. The van der Waals surface area contributed by atoms with E-state index in [0.717, 1.165) is 19.3 Å². The van der Waals surface area contributed by atoms with Crippen molar-refractivity contribution in [3.05, 3.63) is 0 Å². The van der Waals surface area contributed by atoms with Crippen LogP contribution in [0.15, 0.2) is 0 Å². The molecule has 0 aromatic heterocycles. The minimum atomic E-state index is -1.29. The Morgan fingerprint density at radius 3 is 1.73 bits per heavy atom. The average molecular weight is 374 g/mol. The van der Waals surface area contributed by atoms with Crippen LogP contribution in [0.2, 0.25) is 0 Å². The molecule has 0 aliphatic heterocycles. The number of aldehydes is 1. The number of unbranched alkanes of at least 4 members (excludes halogenated alkanes) is 11. The lowest BCUT2D eigenvalue weighted by molar-refractivity contribution is -0.143. The summed E-state index contributed by atoms with van der Waals surface area (Å²) in [6.07, 6.45) is 11.9. The summed E-state index contributed by atoms with van der Waals surface area (Å²) >= 11 is 0. The molecule has 0 aromatic rings. The molecular weight excluding hydrogens is 334 g/mol. The molecule has 0 aliphatic carbocycles. The van der Waals surface area contributed by atoms with Crippen molar-refractivity contribution in [2.45, 2.75) is 115 Å². The molecule has 6 nitrogen and oxygen atoms in total. The van der Waals surface area contributed by atoms with Crippen LogP contribution in [0.3, 0.4) is 0 Å². The van der Waals surface area contributed by atoms with Crippen molar-refractivity contribution in [2.75, 3.05) is 0 Å². The normalized spacial score (nSPS) is 15.8. The van der Waals surface area contributed by atoms with Crippen molar-refractivity contribution in [1.82, 2.24) is 0 Å². The van der Waals surface area contributed by atoms with Crippen molar-refractivity contribution < 1.29 is 24.5 Å². The van der Waals surface area contributed by atoms with Gasteiger partial charge in [0, 0.05) is 0 Å². The Kier molecular flexibility index (Phi) is 16.8. The minimum Gasteiger partial charge on any atom is -0.455 e. The lowest BCUT2D eigenvalue weighted by Gasteiger charge is -2.26. The van der Waals surface area contributed by atoms with E-state index in [2.05, 4.69) is 11.7 Å². The van der Waals surface area contributed by atoms with Gasteiger partial charge >= 0.3 is 0 Å². The second-order valence-electron chi connectivity index (χ2n) is 7.15. The fourth-order valence-corrected chi connectivity index (χ4v) is 3.09. The van der Waals surface area contributed by atoms with Crippen molar-refractivity contribution in [2.24, 2.45) is 5.73 Å². The zero-order valence-electron chi connectivity index (χ0n) is 16.4. The Labute approximate surface area is 158 Å². The summed E-state index contributed by atoms with van der Waals surface area (Å²) in [5.74, 6) is 0. The highest BCUT2D eigenvalue weighted by Gasteiger charge is 2.30. The largest absolute Gasteiger partial charge is 0.455 e. The van der Waals surface area contributed by atoms with E-state index in [4.69, 9.17) is 5.73 Å². The number of hydrogen-bond donors (Lipinski definition) is 3. The van der Waals surface area contributed by atoms with Crippen molar-refractivity contribution in [3.8, 4) is 0 Å². The van der Waals surface area contributed by atoms with E-state index in [1.807, 2.05) is 0 Å². The summed E-state index contributed by atoms with van der Waals surface area (Å²) in [7, 11) is 0. The molecule has 26 heavy (non-hydrogen) atoms. The summed E-state index contributed by atoms with van der Waals surface area (Å²) in [6.45, 7) is 2.35. The molecular formula is C20H39NO5. The number of carbonyl (C=O) groups is 2. The van der Waals surface area contributed by atoms with Crippen LogP contribution in [-0.2, 0) is 14.3 Å². The van der Waals surface area contributed by atoms with Crippen LogP contribution in [0.4, 0.5) is 0 Å². The van der Waals surface area contributed by atoms with E-state index in [1.165, 1.54) is 57.8 Å². The quantitative estimate of drug-likeness (QED) is 0.237. The average Bonchev–Trinajstić information content (AvgIpc) is 2.65. The monoisotopic (exact) mass is 373 g/mol. The van der Waals surface area contributed by atoms with Gasteiger partial charge in [0.1, 0.15) is 0 Å². The smallest absolute Gasteiger partial charge is 0.293 e. The maximum atomic E-state index is 10.8. The zero-order valence-corrected chi connectivity index (χ0v) is 16.4. The predicted octanol–water partition coefficient (Wildman–Crippen LogP) is 2.87. The van der Waals surface area contributed by atoms with E-state index in [-0.39, 0.29) is 6.47 Å². The van der Waals surface area contributed by atoms with Gasteiger partial charge in [-0.15, -0.1) is 0 Å². The van der Waals surface area contributed by atoms with Gasteiger partial charge in [-0.3, -0.25) is 9.59 Å². The highest BCUT2D eigenvalue weighted by Crippen LogP contribution is 2.15. The van der Waals surface area contributed by atoms with Gasteiger partial charge in [-0.25, -0.2) is 0 Å². The highest BCUT2D eigenvalue weighted by atomic mass is 16.5. The van der Waals surface area contributed by atoms with E-state index >= 15 is 0 Å². The summed E-state index contributed by atoms with van der Waals surface area (Å²) in [5.41, 5.74) is 5.67. The second-order valence-corrected chi connectivity index (χ2v) is 7.15. The lowest BCUT2D eigenvalue weighted by Crippen LogP contribution is -2.51. The predicted molar refractivity (Wildman–Crippen MR) is 103 cm³/mol. The van der Waals surface area contributed by atoms with Gasteiger partial charge in [0.05, 0.1) is 18.2 Å².